The first-order valence-electron chi connectivity index (χ1n) is 6.87. The molecule has 0 radical (unpaired) electrons. The SMILES string of the molecule is COCc1cccc(OC(=O)c2ccc(F)c(NC(C)=O)c2)c1. The number of halogens is 1. The Balaban J connectivity index is 2.17. The van der Waals surface area contributed by atoms with Crippen LogP contribution in [0.1, 0.15) is 22.8 Å². The minimum absolute atomic E-state index is 0.0694. The summed E-state index contributed by atoms with van der Waals surface area (Å²) in [5, 5.41) is 2.32. The summed E-state index contributed by atoms with van der Waals surface area (Å²) in [5.74, 6) is -1.35. The monoisotopic (exact) mass is 317 g/mol. The second-order valence-corrected chi connectivity index (χ2v) is 4.85. The van der Waals surface area contributed by atoms with Gasteiger partial charge in [0.2, 0.25) is 5.91 Å². The third-order valence-electron chi connectivity index (χ3n) is 2.93. The fourth-order valence-corrected chi connectivity index (χ4v) is 1.97. The molecule has 0 aliphatic carbocycles. The third kappa shape index (κ3) is 4.62. The fourth-order valence-electron chi connectivity index (χ4n) is 1.97. The molecule has 0 unspecified atom stereocenters. The summed E-state index contributed by atoms with van der Waals surface area (Å²) >= 11 is 0. The van der Waals surface area contributed by atoms with Crippen LogP contribution in [0.2, 0.25) is 0 Å². The highest BCUT2D eigenvalue weighted by Crippen LogP contribution is 2.19. The Morgan fingerprint density at radius 2 is 1.96 bits per heavy atom. The summed E-state index contributed by atoms with van der Waals surface area (Å²) in [7, 11) is 1.57. The summed E-state index contributed by atoms with van der Waals surface area (Å²) < 4.78 is 23.9. The summed E-state index contributed by atoms with van der Waals surface area (Å²) in [4.78, 5) is 23.2. The number of carbonyl (C=O) groups is 2. The summed E-state index contributed by atoms with van der Waals surface area (Å²) in [6, 6.07) is 10.5. The average molecular weight is 317 g/mol. The van der Waals surface area contributed by atoms with Gasteiger partial charge in [-0.15, -0.1) is 0 Å². The Labute approximate surface area is 133 Å². The molecule has 0 aliphatic rings. The largest absolute Gasteiger partial charge is 0.423 e. The van der Waals surface area contributed by atoms with E-state index in [1.54, 1.807) is 25.3 Å². The van der Waals surface area contributed by atoms with Crippen LogP contribution < -0.4 is 10.1 Å². The number of hydrogen-bond donors (Lipinski definition) is 1. The van der Waals surface area contributed by atoms with Gasteiger partial charge in [0.05, 0.1) is 17.9 Å². The lowest BCUT2D eigenvalue weighted by Gasteiger charge is -2.08. The van der Waals surface area contributed by atoms with E-state index in [0.29, 0.717) is 12.4 Å². The molecule has 0 saturated heterocycles. The first kappa shape index (κ1) is 16.6. The quantitative estimate of drug-likeness (QED) is 0.679. The number of ether oxygens (including phenoxy) is 2. The number of methoxy groups -OCH3 is 1. The van der Waals surface area contributed by atoms with Crippen molar-refractivity contribution >= 4 is 17.6 Å². The predicted octanol–water partition coefficient (Wildman–Crippen LogP) is 3.15. The Kier molecular flexibility index (Phi) is 5.43. The second kappa shape index (κ2) is 7.51. The smallest absolute Gasteiger partial charge is 0.343 e. The van der Waals surface area contributed by atoms with Gasteiger partial charge >= 0.3 is 5.97 Å². The molecule has 0 aromatic heterocycles. The van der Waals surface area contributed by atoms with Gasteiger partial charge in [-0.2, -0.15) is 0 Å². The normalized spacial score (nSPS) is 10.2. The van der Waals surface area contributed by atoms with E-state index in [9.17, 15) is 14.0 Å². The standard InChI is InChI=1S/C17H16FNO4/c1-11(20)19-16-9-13(6-7-15(16)18)17(21)23-14-5-3-4-12(8-14)10-22-2/h3-9H,10H2,1-2H3,(H,19,20). The van der Waals surface area contributed by atoms with Crippen LogP contribution in [0.4, 0.5) is 10.1 Å². The van der Waals surface area contributed by atoms with Crippen LogP contribution in [0.3, 0.4) is 0 Å². The Hall–Kier alpha value is -2.73. The van der Waals surface area contributed by atoms with Crippen LogP contribution in [0, 0.1) is 5.82 Å². The van der Waals surface area contributed by atoms with E-state index in [4.69, 9.17) is 9.47 Å². The Bertz CT molecular complexity index is 730. The van der Waals surface area contributed by atoms with Crippen molar-refractivity contribution in [1.82, 2.24) is 0 Å². The Morgan fingerprint density at radius 1 is 1.17 bits per heavy atom. The third-order valence-corrected chi connectivity index (χ3v) is 2.93. The van der Waals surface area contributed by atoms with Gasteiger partial charge in [-0.1, -0.05) is 12.1 Å². The molecule has 23 heavy (non-hydrogen) atoms. The molecule has 0 saturated carbocycles. The lowest BCUT2D eigenvalue weighted by molar-refractivity contribution is -0.114. The topological polar surface area (TPSA) is 64.6 Å². The van der Waals surface area contributed by atoms with Gasteiger partial charge in [0.1, 0.15) is 11.6 Å². The Morgan fingerprint density at radius 3 is 2.65 bits per heavy atom. The van der Waals surface area contributed by atoms with Crippen LogP contribution >= 0.6 is 0 Å². The maximum atomic E-state index is 13.6. The zero-order chi connectivity index (χ0) is 16.8. The average Bonchev–Trinajstić information content (AvgIpc) is 2.49. The van der Waals surface area contributed by atoms with E-state index in [1.807, 2.05) is 6.07 Å². The maximum absolute atomic E-state index is 13.6. The molecule has 2 aromatic rings. The van der Waals surface area contributed by atoms with Crippen LogP contribution in [-0.4, -0.2) is 19.0 Å². The van der Waals surface area contributed by atoms with Crippen molar-refractivity contribution in [3.8, 4) is 5.75 Å². The number of amides is 1. The van der Waals surface area contributed by atoms with Crippen LogP contribution in [0.15, 0.2) is 42.5 Å². The number of nitrogens with one attached hydrogen (secondary N) is 1. The molecule has 2 rings (SSSR count). The van der Waals surface area contributed by atoms with Crippen LogP contribution in [0.5, 0.6) is 5.75 Å². The molecule has 0 bridgehead atoms. The van der Waals surface area contributed by atoms with Gasteiger partial charge in [0.25, 0.3) is 0 Å². The van der Waals surface area contributed by atoms with Crippen molar-refractivity contribution in [3.63, 3.8) is 0 Å². The molecule has 0 aliphatic heterocycles. The molecular formula is C17H16FNO4. The minimum Gasteiger partial charge on any atom is -0.423 e. The lowest BCUT2D eigenvalue weighted by atomic mass is 10.2. The molecule has 2 aromatic carbocycles. The van der Waals surface area contributed by atoms with Gasteiger partial charge in [-0.05, 0) is 35.9 Å². The van der Waals surface area contributed by atoms with E-state index in [0.717, 1.165) is 11.6 Å². The summed E-state index contributed by atoms with van der Waals surface area (Å²) in [6.45, 7) is 1.65. The van der Waals surface area contributed by atoms with Gasteiger partial charge in [0.15, 0.2) is 0 Å². The van der Waals surface area contributed by atoms with Crippen molar-refractivity contribution < 1.29 is 23.5 Å². The molecule has 1 N–H and O–H groups in total. The number of rotatable bonds is 5. The highest BCUT2D eigenvalue weighted by molar-refractivity contribution is 5.94. The summed E-state index contributed by atoms with van der Waals surface area (Å²) in [6.07, 6.45) is 0. The highest BCUT2D eigenvalue weighted by atomic mass is 19.1. The van der Waals surface area contributed by atoms with Gasteiger partial charge in [-0.3, -0.25) is 4.79 Å². The molecule has 6 heteroatoms. The fraction of sp³-hybridized carbons (Fsp3) is 0.176. The van der Waals surface area contributed by atoms with E-state index < -0.39 is 17.7 Å². The number of hydrogen-bond acceptors (Lipinski definition) is 4. The predicted molar refractivity (Wildman–Crippen MR) is 82.8 cm³/mol. The molecule has 0 fully saturated rings. The van der Waals surface area contributed by atoms with Crippen molar-refractivity contribution in [2.45, 2.75) is 13.5 Å². The molecule has 0 heterocycles. The van der Waals surface area contributed by atoms with E-state index in [-0.39, 0.29) is 11.3 Å². The van der Waals surface area contributed by atoms with Crippen LogP contribution in [-0.2, 0) is 16.1 Å². The van der Waals surface area contributed by atoms with Crippen molar-refractivity contribution in [1.29, 1.82) is 0 Å². The zero-order valence-corrected chi connectivity index (χ0v) is 12.8. The first-order chi connectivity index (χ1) is 11.0. The number of benzene rings is 2. The molecule has 5 nitrogen and oxygen atoms in total. The lowest BCUT2D eigenvalue weighted by Crippen LogP contribution is -2.12. The molecule has 1 amide bonds. The number of anilines is 1. The second-order valence-electron chi connectivity index (χ2n) is 4.85. The highest BCUT2D eigenvalue weighted by Gasteiger charge is 2.13. The summed E-state index contributed by atoms with van der Waals surface area (Å²) in [5.41, 5.74) is 0.920. The maximum Gasteiger partial charge on any atom is 0.343 e. The van der Waals surface area contributed by atoms with Crippen molar-refractivity contribution in [2.24, 2.45) is 0 Å². The molecule has 0 spiro atoms. The molecular weight excluding hydrogens is 301 g/mol. The zero-order valence-electron chi connectivity index (χ0n) is 12.8. The van der Waals surface area contributed by atoms with E-state index in [2.05, 4.69) is 5.32 Å². The van der Waals surface area contributed by atoms with E-state index in [1.165, 1.54) is 19.1 Å². The van der Waals surface area contributed by atoms with Gasteiger partial charge in [0, 0.05) is 14.0 Å². The molecule has 0 atom stereocenters. The first-order valence-corrected chi connectivity index (χ1v) is 6.87. The van der Waals surface area contributed by atoms with Gasteiger partial charge in [-0.25, -0.2) is 9.18 Å². The van der Waals surface area contributed by atoms with Crippen molar-refractivity contribution in [3.05, 3.63) is 59.4 Å². The van der Waals surface area contributed by atoms with Crippen LogP contribution in [0.25, 0.3) is 0 Å². The minimum atomic E-state index is -0.647. The molecule has 120 valence electrons. The number of esters is 1. The van der Waals surface area contributed by atoms with Gasteiger partial charge < -0.3 is 14.8 Å². The number of carbonyl (C=O) groups excluding carboxylic acids is 2. The van der Waals surface area contributed by atoms with E-state index >= 15 is 0 Å². The van der Waals surface area contributed by atoms with Crippen molar-refractivity contribution in [2.75, 3.05) is 12.4 Å².